The number of aryl methyl sites for hydroxylation is 1. The van der Waals surface area contributed by atoms with Crippen LogP contribution in [0.2, 0.25) is 10.0 Å². The maximum atomic E-state index is 13.2. The van der Waals surface area contributed by atoms with E-state index < -0.39 is 0 Å². The number of halogens is 2. The van der Waals surface area contributed by atoms with Crippen LogP contribution in [-0.2, 0) is 11.2 Å². The highest BCUT2D eigenvalue weighted by Gasteiger charge is 2.26. The molecule has 1 amide bonds. The van der Waals surface area contributed by atoms with E-state index in [9.17, 15) is 4.79 Å². The van der Waals surface area contributed by atoms with Crippen LogP contribution in [0, 0.1) is 6.92 Å². The number of hydrogen-bond donors (Lipinski definition) is 1. The summed E-state index contributed by atoms with van der Waals surface area (Å²) in [6, 6.07) is 13.4. The molecule has 1 fully saturated rings. The summed E-state index contributed by atoms with van der Waals surface area (Å²) >= 11 is 12.6. The van der Waals surface area contributed by atoms with Crippen molar-refractivity contribution in [3.8, 4) is 16.9 Å². The van der Waals surface area contributed by atoms with Crippen molar-refractivity contribution in [2.75, 3.05) is 26.3 Å². The highest BCUT2D eigenvalue weighted by atomic mass is 35.5. The molecule has 1 aliphatic rings. The van der Waals surface area contributed by atoms with Crippen molar-refractivity contribution in [3.63, 3.8) is 0 Å². The van der Waals surface area contributed by atoms with Crippen LogP contribution in [0.5, 0.6) is 0 Å². The largest absolute Gasteiger partial charge is 0.379 e. The van der Waals surface area contributed by atoms with Crippen LogP contribution < -0.4 is 5.43 Å². The standard InChI is InChI=1S/C23H24Cl2N4O2/c1-3-18-21(23(30)27-28-10-12-31-13-11-28)26-29(20-9-8-17(24)14-19(20)25)22(18)16-6-4-15(2)5-7-16/h4-9,14H,3,10-13H2,1-2H3,(H,27,30). The molecule has 162 valence electrons. The summed E-state index contributed by atoms with van der Waals surface area (Å²) in [5.41, 5.74) is 7.85. The first-order valence-electron chi connectivity index (χ1n) is 10.3. The van der Waals surface area contributed by atoms with Crippen molar-refractivity contribution in [2.24, 2.45) is 0 Å². The minimum atomic E-state index is -0.240. The van der Waals surface area contributed by atoms with Gasteiger partial charge in [0.15, 0.2) is 5.69 Å². The second-order valence-corrected chi connectivity index (χ2v) is 8.29. The smallest absolute Gasteiger partial charge is 0.286 e. The Kier molecular flexibility index (Phi) is 6.62. The molecule has 0 saturated carbocycles. The number of ether oxygens (including phenoxy) is 1. The lowest BCUT2D eigenvalue weighted by Gasteiger charge is -2.26. The number of benzene rings is 2. The number of nitrogens with one attached hydrogen (secondary N) is 1. The Balaban J connectivity index is 1.84. The van der Waals surface area contributed by atoms with E-state index in [0.717, 1.165) is 22.4 Å². The topological polar surface area (TPSA) is 59.4 Å². The first-order chi connectivity index (χ1) is 15.0. The van der Waals surface area contributed by atoms with Gasteiger partial charge in [-0.25, -0.2) is 9.69 Å². The van der Waals surface area contributed by atoms with Crippen LogP contribution in [0.4, 0.5) is 0 Å². The van der Waals surface area contributed by atoms with Gasteiger partial charge in [0.1, 0.15) is 0 Å². The molecule has 0 atom stereocenters. The Labute approximate surface area is 191 Å². The predicted octanol–water partition coefficient (Wildman–Crippen LogP) is 4.69. The summed E-state index contributed by atoms with van der Waals surface area (Å²) in [7, 11) is 0. The molecule has 2 heterocycles. The lowest BCUT2D eigenvalue weighted by atomic mass is 10.0. The molecule has 8 heteroatoms. The minimum absolute atomic E-state index is 0.240. The van der Waals surface area contributed by atoms with Gasteiger partial charge in [0.05, 0.1) is 29.6 Å². The highest BCUT2D eigenvalue weighted by Crippen LogP contribution is 2.33. The van der Waals surface area contributed by atoms with Crippen molar-refractivity contribution < 1.29 is 9.53 Å². The number of carbonyl (C=O) groups excluding carboxylic acids is 1. The van der Waals surface area contributed by atoms with Crippen LogP contribution in [0.25, 0.3) is 16.9 Å². The number of carbonyl (C=O) groups is 1. The van der Waals surface area contributed by atoms with Gasteiger partial charge in [-0.2, -0.15) is 5.10 Å². The summed E-state index contributed by atoms with van der Waals surface area (Å²) < 4.78 is 7.11. The van der Waals surface area contributed by atoms with Gasteiger partial charge in [0.2, 0.25) is 0 Å². The van der Waals surface area contributed by atoms with Gasteiger partial charge in [-0.05, 0) is 31.5 Å². The van der Waals surface area contributed by atoms with Crippen molar-refractivity contribution in [2.45, 2.75) is 20.3 Å². The minimum Gasteiger partial charge on any atom is -0.379 e. The van der Waals surface area contributed by atoms with Crippen LogP contribution in [0.15, 0.2) is 42.5 Å². The quantitative estimate of drug-likeness (QED) is 0.601. The number of nitrogens with zero attached hydrogens (tertiary/aromatic N) is 3. The molecule has 6 nitrogen and oxygen atoms in total. The van der Waals surface area contributed by atoms with Gasteiger partial charge in [-0.3, -0.25) is 10.2 Å². The molecule has 0 radical (unpaired) electrons. The van der Waals surface area contributed by atoms with Gasteiger partial charge in [-0.1, -0.05) is 60.0 Å². The summed E-state index contributed by atoms with van der Waals surface area (Å²) in [6.07, 6.45) is 0.639. The fraction of sp³-hybridized carbons (Fsp3) is 0.304. The van der Waals surface area contributed by atoms with E-state index in [1.807, 2.05) is 49.2 Å². The molecular weight excluding hydrogens is 435 g/mol. The van der Waals surface area contributed by atoms with Crippen molar-refractivity contribution in [1.82, 2.24) is 20.2 Å². The summed E-state index contributed by atoms with van der Waals surface area (Å²) in [6.45, 7) is 6.52. The van der Waals surface area contributed by atoms with Gasteiger partial charge >= 0.3 is 0 Å². The van der Waals surface area contributed by atoms with Crippen LogP contribution in [-0.4, -0.2) is 47.0 Å². The summed E-state index contributed by atoms with van der Waals surface area (Å²) in [4.78, 5) is 13.2. The molecule has 1 aliphatic heterocycles. The Morgan fingerprint density at radius 1 is 1.13 bits per heavy atom. The second kappa shape index (κ2) is 9.40. The zero-order chi connectivity index (χ0) is 22.0. The van der Waals surface area contributed by atoms with Gasteiger partial charge in [-0.15, -0.1) is 0 Å². The van der Waals surface area contributed by atoms with E-state index in [0.29, 0.717) is 54.2 Å². The summed E-state index contributed by atoms with van der Waals surface area (Å²) in [5, 5.41) is 7.60. The molecule has 4 rings (SSSR count). The lowest BCUT2D eigenvalue weighted by Crippen LogP contribution is -2.48. The van der Waals surface area contributed by atoms with Gasteiger partial charge in [0.25, 0.3) is 5.91 Å². The van der Waals surface area contributed by atoms with Crippen molar-refractivity contribution in [1.29, 1.82) is 0 Å². The number of aromatic nitrogens is 2. The highest BCUT2D eigenvalue weighted by molar-refractivity contribution is 6.35. The molecule has 1 N–H and O–H groups in total. The molecule has 0 bridgehead atoms. The predicted molar refractivity (Wildman–Crippen MR) is 123 cm³/mol. The second-order valence-electron chi connectivity index (χ2n) is 7.44. The van der Waals surface area contributed by atoms with E-state index in [1.54, 1.807) is 16.8 Å². The van der Waals surface area contributed by atoms with Crippen molar-refractivity contribution >= 4 is 29.1 Å². The molecule has 1 saturated heterocycles. The third kappa shape index (κ3) is 4.62. The Bertz CT molecular complexity index is 1090. The maximum Gasteiger partial charge on any atom is 0.286 e. The Hall–Kier alpha value is -2.38. The molecular formula is C23H24Cl2N4O2. The Morgan fingerprint density at radius 2 is 1.84 bits per heavy atom. The van der Waals surface area contributed by atoms with E-state index in [4.69, 9.17) is 33.0 Å². The van der Waals surface area contributed by atoms with E-state index in [1.165, 1.54) is 0 Å². The molecule has 0 spiro atoms. The maximum absolute atomic E-state index is 13.2. The van der Waals surface area contributed by atoms with Gasteiger partial charge < -0.3 is 4.74 Å². The number of amides is 1. The molecule has 31 heavy (non-hydrogen) atoms. The average molecular weight is 459 g/mol. The van der Waals surface area contributed by atoms with Crippen LogP contribution in [0.3, 0.4) is 0 Å². The molecule has 1 aromatic heterocycles. The molecule has 0 aliphatic carbocycles. The molecule has 2 aromatic carbocycles. The third-order valence-electron chi connectivity index (χ3n) is 5.29. The number of morpholine rings is 1. The first-order valence-corrected chi connectivity index (χ1v) is 11.0. The van der Waals surface area contributed by atoms with Gasteiger partial charge in [0, 0.05) is 29.2 Å². The SMILES string of the molecule is CCc1c(C(=O)NN2CCOCC2)nn(-c2ccc(Cl)cc2Cl)c1-c1ccc(C)cc1. The Morgan fingerprint density at radius 3 is 2.48 bits per heavy atom. The lowest BCUT2D eigenvalue weighted by molar-refractivity contribution is 0.0124. The average Bonchev–Trinajstić information content (AvgIpc) is 3.14. The number of hydrazine groups is 1. The summed E-state index contributed by atoms with van der Waals surface area (Å²) in [5.74, 6) is -0.240. The van der Waals surface area contributed by atoms with E-state index in [-0.39, 0.29) is 5.91 Å². The van der Waals surface area contributed by atoms with E-state index >= 15 is 0 Å². The van der Waals surface area contributed by atoms with Crippen molar-refractivity contribution in [3.05, 3.63) is 69.3 Å². The fourth-order valence-corrected chi connectivity index (χ4v) is 4.16. The van der Waals surface area contributed by atoms with E-state index in [2.05, 4.69) is 5.43 Å². The zero-order valence-electron chi connectivity index (χ0n) is 17.5. The van der Waals surface area contributed by atoms with Crippen LogP contribution >= 0.6 is 23.2 Å². The number of rotatable bonds is 5. The fourth-order valence-electron chi connectivity index (χ4n) is 3.67. The monoisotopic (exact) mass is 458 g/mol. The number of hydrogen-bond acceptors (Lipinski definition) is 4. The zero-order valence-corrected chi connectivity index (χ0v) is 19.0. The molecule has 3 aromatic rings. The first kappa shape index (κ1) is 21.8. The normalized spacial score (nSPS) is 14.6. The molecule has 0 unspecified atom stereocenters. The van der Waals surface area contributed by atoms with Crippen LogP contribution in [0.1, 0.15) is 28.5 Å². The third-order valence-corrected chi connectivity index (χ3v) is 5.82.